The molecule has 4 aromatic heterocycles. The molecule has 9 rings (SSSR count). The van der Waals surface area contributed by atoms with E-state index in [9.17, 15) is 23.3 Å². The third-order valence-corrected chi connectivity index (χ3v) is 15.4. The van der Waals surface area contributed by atoms with E-state index in [1.165, 1.54) is 23.5 Å². The predicted molar refractivity (Wildman–Crippen MR) is 243 cm³/mol. The Kier molecular flexibility index (Phi) is 12.3. The Hall–Kier alpha value is -5.65. The van der Waals surface area contributed by atoms with Crippen LogP contribution in [0.3, 0.4) is 0 Å². The minimum Gasteiger partial charge on any atom is -0.455 e. The molecule has 1 aromatic carbocycles. The maximum absolute atomic E-state index is 13.9. The van der Waals surface area contributed by atoms with Crippen LogP contribution in [0, 0.1) is 27.4 Å². The van der Waals surface area contributed by atoms with Crippen LogP contribution in [0.1, 0.15) is 106 Å². The Morgan fingerprint density at radius 2 is 1.80 bits per heavy atom. The van der Waals surface area contributed by atoms with Gasteiger partial charge in [-0.1, -0.05) is 57.9 Å². The molecule has 2 saturated heterocycles. The monoisotopic (exact) mass is 891 g/mol. The Labute approximate surface area is 373 Å². The molecule has 64 heavy (non-hydrogen) atoms. The molecule has 4 aliphatic rings. The van der Waals surface area contributed by atoms with Crippen molar-refractivity contribution in [3.63, 3.8) is 0 Å². The number of hydrogen-bond acceptors (Lipinski definition) is 13. The van der Waals surface area contributed by atoms with Gasteiger partial charge in [0.05, 0.1) is 36.6 Å². The summed E-state index contributed by atoms with van der Waals surface area (Å²) in [5.41, 5.74) is 3.01. The lowest BCUT2D eigenvalue weighted by Gasteiger charge is -2.57. The molecule has 2 aliphatic heterocycles. The van der Waals surface area contributed by atoms with E-state index in [2.05, 4.69) is 84.8 Å². The number of anilines is 2. The van der Waals surface area contributed by atoms with Crippen molar-refractivity contribution in [1.29, 1.82) is 0 Å². The number of aromatic amines is 1. The van der Waals surface area contributed by atoms with Crippen LogP contribution in [0.5, 0.6) is 11.5 Å². The molecule has 1 atom stereocenters. The largest absolute Gasteiger partial charge is 0.455 e. The van der Waals surface area contributed by atoms with E-state index >= 15 is 0 Å². The van der Waals surface area contributed by atoms with Gasteiger partial charge in [-0.25, -0.2) is 28.1 Å². The van der Waals surface area contributed by atoms with Gasteiger partial charge >= 0.3 is 5.69 Å². The number of benzene rings is 1. The summed E-state index contributed by atoms with van der Waals surface area (Å²) in [6.45, 7) is 11.1. The molecule has 0 bridgehead atoms. The lowest BCUT2D eigenvalue weighted by Crippen LogP contribution is -2.58. The molecule has 2 aliphatic carbocycles. The molecule has 338 valence electrons. The lowest BCUT2D eigenvalue weighted by molar-refractivity contribution is -0.384. The van der Waals surface area contributed by atoms with Crippen molar-refractivity contribution in [2.24, 2.45) is 17.3 Å². The number of hydrogen-bond donors (Lipinski definition) is 3. The summed E-state index contributed by atoms with van der Waals surface area (Å²) in [6.07, 6.45) is 14.0. The van der Waals surface area contributed by atoms with Crippen molar-refractivity contribution in [3.8, 4) is 11.5 Å². The van der Waals surface area contributed by atoms with E-state index in [-0.39, 0.29) is 28.6 Å². The number of H-pyrrole nitrogens is 1. The first-order chi connectivity index (χ1) is 30.8. The smallest absolute Gasteiger partial charge is 0.312 e. The summed E-state index contributed by atoms with van der Waals surface area (Å²) in [7, 11) is -4.63. The number of ether oxygens (including phenoxy) is 2. The van der Waals surface area contributed by atoms with Gasteiger partial charge in [0.1, 0.15) is 33.4 Å². The highest BCUT2D eigenvalue weighted by Crippen LogP contribution is 2.53. The number of carbonyl (C=O) groups is 1. The fourth-order valence-corrected chi connectivity index (χ4v) is 11.2. The molecule has 16 nitrogen and oxygen atoms in total. The number of amides is 1. The average molecular weight is 892 g/mol. The molecule has 6 heterocycles. The maximum Gasteiger partial charge on any atom is 0.312 e. The SMILES string of the molecule is CC1CCC(CNc2ncc(S(=O)(=O)NC(=O)c3cnc(N4CCC5(CC4)CC(N4CCOC[C@H]4c4ccccc4C(C)C)C5)cc3Oc3cnc4[nH]ccc4c3)cc2[N+](=O)[O-])CC1. The Balaban J connectivity index is 0.901. The molecular weight excluding hydrogens is 835 g/mol. The standard InChI is InChI=1S/C47H57N9O7S/c1-30(2)37-6-4-5-7-38(37)41-29-62-19-18-55(41)34-23-47(24-34)13-16-54(17-14-47)43-22-42(63-35-20-33-12-15-48-44(33)51-26-35)39(28-49-43)46(57)53-64(60,61)36-21-40(56(58)59)45(52-27-36)50-25-32-10-8-31(3)9-11-32/h4-7,12,15,20-22,26-28,30-32,34,41H,8-11,13-14,16-19,23-25,29H2,1-3H3,(H,48,51)(H,50,52)(H,53,57)/t31?,32?,41-/m0/s1. The zero-order chi connectivity index (χ0) is 44.6. The summed E-state index contributed by atoms with van der Waals surface area (Å²) in [6, 6.07) is 15.7. The fraction of sp³-hybridized carbons (Fsp3) is 0.489. The number of rotatable bonds is 13. The number of fused-ring (bicyclic) bond motifs is 1. The van der Waals surface area contributed by atoms with Crippen LogP contribution in [0.15, 0.2) is 78.2 Å². The van der Waals surface area contributed by atoms with Gasteiger partial charge in [-0.2, -0.15) is 0 Å². The molecule has 1 amide bonds. The fourth-order valence-electron chi connectivity index (χ4n) is 10.3. The highest BCUT2D eigenvalue weighted by molar-refractivity contribution is 7.90. The molecule has 1 spiro atoms. The summed E-state index contributed by atoms with van der Waals surface area (Å²) >= 11 is 0. The van der Waals surface area contributed by atoms with E-state index in [1.54, 1.807) is 18.3 Å². The Morgan fingerprint density at radius 1 is 1.02 bits per heavy atom. The number of aromatic nitrogens is 4. The minimum absolute atomic E-state index is 0.0212. The summed E-state index contributed by atoms with van der Waals surface area (Å²) in [5, 5.41) is 16.0. The van der Waals surface area contributed by atoms with E-state index in [4.69, 9.17) is 9.47 Å². The maximum atomic E-state index is 13.9. The molecule has 4 fully saturated rings. The summed E-state index contributed by atoms with van der Waals surface area (Å²) < 4.78 is 41.8. The zero-order valence-corrected chi connectivity index (χ0v) is 37.5. The highest BCUT2D eigenvalue weighted by Gasteiger charge is 2.50. The Morgan fingerprint density at radius 3 is 2.56 bits per heavy atom. The predicted octanol–water partition coefficient (Wildman–Crippen LogP) is 8.36. The van der Waals surface area contributed by atoms with Crippen molar-refractivity contribution in [2.45, 2.75) is 95.0 Å². The van der Waals surface area contributed by atoms with Crippen molar-refractivity contribution < 1.29 is 27.6 Å². The molecule has 3 N–H and O–H groups in total. The van der Waals surface area contributed by atoms with Crippen molar-refractivity contribution in [1.82, 2.24) is 29.6 Å². The second kappa shape index (κ2) is 18.1. The van der Waals surface area contributed by atoms with Crippen molar-refractivity contribution in [3.05, 3.63) is 100 Å². The molecule has 0 radical (unpaired) electrons. The van der Waals surface area contributed by atoms with Crippen LogP contribution in [-0.2, 0) is 14.8 Å². The van der Waals surface area contributed by atoms with E-state index in [0.29, 0.717) is 54.2 Å². The third kappa shape index (κ3) is 9.15. The van der Waals surface area contributed by atoms with Crippen molar-refractivity contribution >= 4 is 44.3 Å². The van der Waals surface area contributed by atoms with Crippen LogP contribution in [0.25, 0.3) is 11.0 Å². The first-order valence-electron chi connectivity index (χ1n) is 22.6. The van der Waals surface area contributed by atoms with Gasteiger partial charge in [0.2, 0.25) is 5.82 Å². The normalized spacial score (nSPS) is 21.8. The topological polar surface area (TPSA) is 198 Å². The summed E-state index contributed by atoms with van der Waals surface area (Å²) in [4.78, 5) is 46.0. The molecule has 5 aromatic rings. The first-order valence-corrected chi connectivity index (χ1v) is 24.1. The second-order valence-corrected chi connectivity index (χ2v) is 20.3. The lowest BCUT2D eigenvalue weighted by atomic mass is 9.59. The van der Waals surface area contributed by atoms with E-state index in [0.717, 1.165) is 95.3 Å². The zero-order valence-electron chi connectivity index (χ0n) is 36.7. The van der Waals surface area contributed by atoms with E-state index in [1.807, 2.05) is 6.07 Å². The number of morpholine rings is 1. The molecular formula is C47H57N9O7S. The summed E-state index contributed by atoms with van der Waals surface area (Å²) in [5.74, 6) is 1.41. The molecule has 0 unspecified atom stereocenters. The average Bonchev–Trinajstić information content (AvgIpc) is 3.76. The number of sulfonamides is 1. The van der Waals surface area contributed by atoms with Gasteiger partial charge < -0.3 is 24.7 Å². The van der Waals surface area contributed by atoms with Gasteiger partial charge in [-0.05, 0) is 85.0 Å². The van der Waals surface area contributed by atoms with Gasteiger partial charge in [-0.3, -0.25) is 19.8 Å². The van der Waals surface area contributed by atoms with Crippen LogP contribution in [-0.4, -0.2) is 89.5 Å². The van der Waals surface area contributed by atoms with Crippen molar-refractivity contribution in [2.75, 3.05) is 49.6 Å². The van der Waals surface area contributed by atoms with E-state index < -0.39 is 31.4 Å². The van der Waals surface area contributed by atoms with Gasteiger partial charge in [0.25, 0.3) is 15.9 Å². The van der Waals surface area contributed by atoms with Crippen LogP contribution >= 0.6 is 0 Å². The second-order valence-electron chi connectivity index (χ2n) is 18.6. The minimum atomic E-state index is -4.63. The first kappa shape index (κ1) is 43.6. The van der Waals surface area contributed by atoms with Crippen LogP contribution < -0.4 is 19.7 Å². The number of nitrogens with zero attached hydrogens (tertiary/aromatic N) is 6. The third-order valence-electron chi connectivity index (χ3n) is 14.1. The molecule has 2 saturated carbocycles. The quantitative estimate of drug-likeness (QED) is 0.0754. The number of piperidine rings is 1. The van der Waals surface area contributed by atoms with Crippen LogP contribution in [0.2, 0.25) is 0 Å². The van der Waals surface area contributed by atoms with Crippen LogP contribution in [0.4, 0.5) is 17.3 Å². The van der Waals surface area contributed by atoms with Gasteiger partial charge in [0, 0.05) is 62.1 Å². The number of nitrogens with one attached hydrogen (secondary N) is 3. The van der Waals surface area contributed by atoms with Gasteiger partial charge in [-0.15, -0.1) is 0 Å². The Bertz CT molecular complexity index is 2610. The number of nitro groups is 1. The molecule has 17 heteroatoms. The number of pyridine rings is 3. The number of carbonyl (C=O) groups excluding carboxylic acids is 1. The highest BCUT2D eigenvalue weighted by atomic mass is 32.2. The van der Waals surface area contributed by atoms with Gasteiger partial charge in [0.15, 0.2) is 0 Å².